The van der Waals surface area contributed by atoms with E-state index >= 15 is 0 Å². The smallest absolute Gasteiger partial charge is 0.262 e. The quantitative estimate of drug-likeness (QED) is 0.655. The van der Waals surface area contributed by atoms with Crippen LogP contribution in [-0.2, 0) is 10.0 Å². The summed E-state index contributed by atoms with van der Waals surface area (Å²) in [6.45, 7) is 1.78. The lowest BCUT2D eigenvalue weighted by molar-refractivity contribution is 0.600. The van der Waals surface area contributed by atoms with Crippen LogP contribution < -0.4 is 14.9 Å². The van der Waals surface area contributed by atoms with Gasteiger partial charge in [-0.3, -0.25) is 4.72 Å². The van der Waals surface area contributed by atoms with Gasteiger partial charge in [-0.25, -0.2) is 8.42 Å². The lowest BCUT2D eigenvalue weighted by Crippen LogP contribution is -2.14. The Kier molecular flexibility index (Phi) is 5.37. The van der Waals surface area contributed by atoms with Gasteiger partial charge in [-0.15, -0.1) is 0 Å². The molecular formula is C21H23N3O2S. The van der Waals surface area contributed by atoms with Gasteiger partial charge in [0.15, 0.2) is 0 Å². The van der Waals surface area contributed by atoms with Gasteiger partial charge in [0.1, 0.15) is 0 Å². The summed E-state index contributed by atoms with van der Waals surface area (Å²) >= 11 is 0. The molecule has 3 aromatic rings. The van der Waals surface area contributed by atoms with E-state index in [-0.39, 0.29) is 4.90 Å². The average Bonchev–Trinajstić information content (AvgIpc) is 2.64. The summed E-state index contributed by atoms with van der Waals surface area (Å²) in [6, 6.07) is 22.2. The maximum Gasteiger partial charge on any atom is 0.262 e. The van der Waals surface area contributed by atoms with Crippen molar-refractivity contribution in [3.63, 3.8) is 0 Å². The molecule has 0 spiro atoms. The third-order valence-electron chi connectivity index (χ3n) is 4.19. The minimum Gasteiger partial charge on any atom is -0.378 e. The first-order chi connectivity index (χ1) is 12.8. The predicted molar refractivity (Wildman–Crippen MR) is 112 cm³/mol. The van der Waals surface area contributed by atoms with E-state index in [1.54, 1.807) is 37.3 Å². The molecule has 0 aliphatic heterocycles. The maximum atomic E-state index is 12.6. The van der Waals surface area contributed by atoms with Crippen molar-refractivity contribution < 1.29 is 8.42 Å². The van der Waals surface area contributed by atoms with Crippen LogP contribution in [0.2, 0.25) is 0 Å². The van der Waals surface area contributed by atoms with Gasteiger partial charge >= 0.3 is 0 Å². The lowest BCUT2D eigenvalue weighted by atomic mass is 10.2. The van der Waals surface area contributed by atoms with Crippen molar-refractivity contribution in [2.45, 2.75) is 11.8 Å². The van der Waals surface area contributed by atoms with Crippen molar-refractivity contribution in [1.82, 2.24) is 0 Å². The van der Waals surface area contributed by atoms with E-state index in [0.717, 1.165) is 17.1 Å². The normalized spacial score (nSPS) is 11.1. The summed E-state index contributed by atoms with van der Waals surface area (Å²) in [5, 5.41) is 3.31. The molecule has 6 heteroatoms. The summed E-state index contributed by atoms with van der Waals surface area (Å²) in [4.78, 5) is 2.33. The van der Waals surface area contributed by atoms with Crippen molar-refractivity contribution in [2.75, 3.05) is 29.0 Å². The van der Waals surface area contributed by atoms with Crippen LogP contribution in [-0.4, -0.2) is 22.5 Å². The molecule has 0 unspecified atom stereocenters. The van der Waals surface area contributed by atoms with Crippen molar-refractivity contribution in [3.05, 3.63) is 78.4 Å². The first-order valence-corrected chi connectivity index (χ1v) is 10.1. The summed E-state index contributed by atoms with van der Waals surface area (Å²) < 4.78 is 27.7. The second-order valence-corrected chi connectivity index (χ2v) is 8.17. The van der Waals surface area contributed by atoms with E-state index in [2.05, 4.69) is 10.0 Å². The molecule has 0 radical (unpaired) electrons. The number of aryl methyl sites for hydroxylation is 1. The van der Waals surface area contributed by atoms with Crippen molar-refractivity contribution in [1.29, 1.82) is 0 Å². The first kappa shape index (κ1) is 18.8. The van der Waals surface area contributed by atoms with E-state index < -0.39 is 10.0 Å². The number of sulfonamides is 1. The molecule has 0 atom stereocenters. The summed E-state index contributed by atoms with van der Waals surface area (Å²) in [5.41, 5.74) is 4.21. The summed E-state index contributed by atoms with van der Waals surface area (Å²) in [7, 11) is 0.395. The van der Waals surface area contributed by atoms with Crippen molar-refractivity contribution >= 4 is 32.8 Å². The molecule has 0 aliphatic carbocycles. The minimum atomic E-state index is -3.60. The molecular weight excluding hydrogens is 358 g/mol. The molecule has 0 bridgehead atoms. The highest BCUT2D eigenvalue weighted by molar-refractivity contribution is 7.92. The summed E-state index contributed by atoms with van der Waals surface area (Å²) in [6.07, 6.45) is 0. The zero-order chi connectivity index (χ0) is 19.4. The predicted octanol–water partition coefficient (Wildman–Crippen LogP) is 4.61. The van der Waals surface area contributed by atoms with Crippen LogP contribution in [0.3, 0.4) is 0 Å². The Bertz CT molecular complexity index is 1010. The Morgan fingerprint density at radius 3 is 1.81 bits per heavy atom. The molecule has 140 valence electrons. The fourth-order valence-electron chi connectivity index (χ4n) is 2.70. The van der Waals surface area contributed by atoms with Crippen LogP contribution >= 0.6 is 0 Å². The number of hydrogen-bond donors (Lipinski definition) is 2. The van der Waals surface area contributed by atoms with E-state index in [1.807, 2.05) is 61.5 Å². The van der Waals surface area contributed by atoms with Gasteiger partial charge in [0, 0.05) is 36.8 Å². The van der Waals surface area contributed by atoms with Crippen LogP contribution in [0.4, 0.5) is 22.7 Å². The highest BCUT2D eigenvalue weighted by atomic mass is 32.2. The average molecular weight is 382 g/mol. The molecule has 0 saturated heterocycles. The third kappa shape index (κ3) is 4.60. The SMILES string of the molecule is Cc1ccccc1S(=O)(=O)Nc1ccc(Nc2ccc(N(C)C)cc2)cc1. The minimum absolute atomic E-state index is 0.285. The Hall–Kier alpha value is -2.99. The largest absolute Gasteiger partial charge is 0.378 e. The second-order valence-electron chi connectivity index (χ2n) is 6.51. The molecule has 5 nitrogen and oxygen atoms in total. The molecule has 2 N–H and O–H groups in total. The second kappa shape index (κ2) is 7.72. The maximum absolute atomic E-state index is 12.6. The summed E-state index contributed by atoms with van der Waals surface area (Å²) in [5.74, 6) is 0. The molecule has 0 aromatic heterocycles. The van der Waals surface area contributed by atoms with Gasteiger partial charge in [-0.1, -0.05) is 18.2 Å². The van der Waals surface area contributed by atoms with E-state index in [1.165, 1.54) is 0 Å². The van der Waals surface area contributed by atoms with Crippen LogP contribution in [0, 0.1) is 6.92 Å². The molecule has 27 heavy (non-hydrogen) atoms. The zero-order valence-corrected chi connectivity index (χ0v) is 16.4. The monoisotopic (exact) mass is 381 g/mol. The fraction of sp³-hybridized carbons (Fsp3) is 0.143. The highest BCUT2D eigenvalue weighted by Gasteiger charge is 2.16. The Labute approximate surface area is 160 Å². The van der Waals surface area contributed by atoms with Crippen LogP contribution in [0.5, 0.6) is 0 Å². The molecule has 3 aromatic carbocycles. The molecule has 0 heterocycles. The zero-order valence-electron chi connectivity index (χ0n) is 15.6. The highest BCUT2D eigenvalue weighted by Crippen LogP contribution is 2.23. The molecule has 0 fully saturated rings. The molecule has 0 aliphatic rings. The number of anilines is 4. The van der Waals surface area contributed by atoms with Gasteiger partial charge < -0.3 is 10.2 Å². The Balaban J connectivity index is 1.71. The van der Waals surface area contributed by atoms with E-state index in [4.69, 9.17) is 0 Å². The number of rotatable bonds is 6. The topological polar surface area (TPSA) is 61.4 Å². The number of nitrogens with zero attached hydrogens (tertiary/aromatic N) is 1. The van der Waals surface area contributed by atoms with E-state index in [0.29, 0.717) is 11.3 Å². The number of benzene rings is 3. The lowest BCUT2D eigenvalue weighted by Gasteiger charge is -2.14. The van der Waals surface area contributed by atoms with Gasteiger partial charge in [-0.2, -0.15) is 0 Å². The molecule has 0 amide bonds. The van der Waals surface area contributed by atoms with Crippen LogP contribution in [0.25, 0.3) is 0 Å². The van der Waals surface area contributed by atoms with Gasteiger partial charge in [0.05, 0.1) is 4.90 Å². The Morgan fingerprint density at radius 1 is 0.741 bits per heavy atom. The van der Waals surface area contributed by atoms with Crippen LogP contribution in [0.1, 0.15) is 5.56 Å². The molecule has 0 saturated carbocycles. The Morgan fingerprint density at radius 2 is 1.26 bits per heavy atom. The number of hydrogen-bond acceptors (Lipinski definition) is 4. The molecule has 3 rings (SSSR count). The van der Waals surface area contributed by atoms with Crippen molar-refractivity contribution in [3.8, 4) is 0 Å². The van der Waals surface area contributed by atoms with Crippen LogP contribution in [0.15, 0.2) is 77.7 Å². The first-order valence-electron chi connectivity index (χ1n) is 8.58. The van der Waals surface area contributed by atoms with Gasteiger partial charge in [0.2, 0.25) is 0 Å². The van der Waals surface area contributed by atoms with E-state index in [9.17, 15) is 8.42 Å². The fourth-order valence-corrected chi connectivity index (χ4v) is 4.01. The standard InChI is InChI=1S/C21H23N3O2S/c1-16-6-4-5-7-21(16)27(25,26)23-19-10-8-17(9-11-19)22-18-12-14-20(15-13-18)24(2)3/h4-15,22-23H,1-3H3. The van der Waals surface area contributed by atoms with Gasteiger partial charge in [-0.05, 0) is 67.1 Å². The third-order valence-corrected chi connectivity index (χ3v) is 5.73. The van der Waals surface area contributed by atoms with Crippen molar-refractivity contribution in [2.24, 2.45) is 0 Å². The number of nitrogens with one attached hydrogen (secondary N) is 2. The van der Waals surface area contributed by atoms with Gasteiger partial charge in [0.25, 0.3) is 10.0 Å².